The van der Waals surface area contributed by atoms with Gasteiger partial charge in [0.2, 0.25) is 0 Å². The van der Waals surface area contributed by atoms with Gasteiger partial charge in [-0.05, 0) is 23.8 Å². The second-order valence-electron chi connectivity index (χ2n) is 3.13. The van der Waals surface area contributed by atoms with E-state index in [9.17, 15) is 4.79 Å². The molecule has 0 radical (unpaired) electrons. The highest BCUT2D eigenvalue weighted by Crippen LogP contribution is 2.31. The summed E-state index contributed by atoms with van der Waals surface area (Å²) in [7, 11) is 0. The van der Waals surface area contributed by atoms with Crippen molar-refractivity contribution >= 4 is 51.6 Å². The minimum absolute atomic E-state index is 0.111. The van der Waals surface area contributed by atoms with Crippen molar-refractivity contribution in [1.29, 1.82) is 0 Å². The van der Waals surface area contributed by atoms with E-state index in [2.05, 4.69) is 0 Å². The lowest BCUT2D eigenvalue weighted by Crippen LogP contribution is -1.90. The number of hydrogen-bond acceptors (Lipinski definition) is 3. The van der Waals surface area contributed by atoms with E-state index in [0.29, 0.717) is 11.4 Å². The zero-order chi connectivity index (χ0) is 10.8. The maximum atomic E-state index is 11.5. The number of benzene rings is 1. The minimum atomic E-state index is 0.111. The quantitative estimate of drug-likeness (QED) is 0.562. The molecule has 0 aromatic heterocycles. The first-order chi connectivity index (χ1) is 7.15. The highest BCUT2D eigenvalue weighted by Gasteiger charge is 2.22. The van der Waals surface area contributed by atoms with Crippen molar-refractivity contribution in [3.05, 3.63) is 39.8 Å². The summed E-state index contributed by atoms with van der Waals surface area (Å²) in [5.41, 5.74) is 0.972. The number of thioether (sulfide) groups is 1. The molecule has 1 aromatic rings. The normalized spacial score (nSPS) is 18.9. The fraction of sp³-hybridized carbons (Fsp3) is 0.0909. The van der Waals surface area contributed by atoms with Crippen LogP contribution in [-0.2, 0) is 4.79 Å². The van der Waals surface area contributed by atoms with Gasteiger partial charge in [0.25, 0.3) is 0 Å². The lowest BCUT2D eigenvalue weighted by molar-refractivity contribution is -0.113. The summed E-state index contributed by atoms with van der Waals surface area (Å²) in [5, 5.41) is 0.693. The molecule has 0 amide bonds. The first-order valence-corrected chi connectivity index (χ1v) is 5.96. The van der Waals surface area contributed by atoms with E-state index in [1.165, 1.54) is 11.8 Å². The predicted octanol–water partition coefficient (Wildman–Crippen LogP) is 3.71. The highest BCUT2D eigenvalue weighted by atomic mass is 35.5. The van der Waals surface area contributed by atoms with Gasteiger partial charge in [-0.1, -0.05) is 47.7 Å². The van der Waals surface area contributed by atoms with Crippen LogP contribution < -0.4 is 0 Å². The number of Topliss-reactive ketones (excluding diaryl/α,β-unsaturated/α-hetero) is 1. The van der Waals surface area contributed by atoms with Crippen molar-refractivity contribution in [2.24, 2.45) is 0 Å². The molecule has 0 bridgehead atoms. The Morgan fingerprint density at radius 3 is 2.53 bits per heavy atom. The third kappa shape index (κ3) is 2.68. The molecule has 1 aromatic carbocycles. The zero-order valence-electron chi connectivity index (χ0n) is 7.70. The minimum Gasteiger partial charge on any atom is -0.293 e. The summed E-state index contributed by atoms with van der Waals surface area (Å²) in [5.74, 6) is 0.111. The number of thiocarbonyl (C=S) groups is 1. The van der Waals surface area contributed by atoms with Crippen LogP contribution in [0.5, 0.6) is 0 Å². The molecule has 1 saturated heterocycles. The molecule has 4 heteroatoms. The SMILES string of the molecule is O=C1CC(=S)S/C1=C\c1ccc(Cl)cc1. The number of halogens is 1. The lowest BCUT2D eigenvalue weighted by atomic mass is 10.2. The lowest BCUT2D eigenvalue weighted by Gasteiger charge is -1.95. The van der Waals surface area contributed by atoms with Crippen LogP contribution >= 0.6 is 35.6 Å². The van der Waals surface area contributed by atoms with Gasteiger partial charge in [0.15, 0.2) is 5.78 Å². The summed E-state index contributed by atoms with van der Waals surface area (Å²) < 4.78 is 0.750. The van der Waals surface area contributed by atoms with Crippen LogP contribution in [0.2, 0.25) is 5.02 Å². The topological polar surface area (TPSA) is 17.1 Å². The third-order valence-corrected chi connectivity index (χ3v) is 3.56. The van der Waals surface area contributed by atoms with Gasteiger partial charge in [-0.3, -0.25) is 4.79 Å². The molecule has 1 heterocycles. The van der Waals surface area contributed by atoms with Gasteiger partial charge >= 0.3 is 0 Å². The molecule has 15 heavy (non-hydrogen) atoms. The van der Waals surface area contributed by atoms with Gasteiger partial charge in [0, 0.05) is 5.02 Å². The molecule has 1 nitrogen and oxygen atoms in total. The highest BCUT2D eigenvalue weighted by molar-refractivity contribution is 8.27. The van der Waals surface area contributed by atoms with Crippen LogP contribution in [0.1, 0.15) is 12.0 Å². The van der Waals surface area contributed by atoms with Crippen LogP contribution in [0.4, 0.5) is 0 Å². The van der Waals surface area contributed by atoms with Gasteiger partial charge in [0.05, 0.1) is 15.5 Å². The Morgan fingerprint density at radius 1 is 1.33 bits per heavy atom. The third-order valence-electron chi connectivity index (χ3n) is 1.97. The van der Waals surface area contributed by atoms with Crippen molar-refractivity contribution in [3.8, 4) is 0 Å². The maximum Gasteiger partial charge on any atom is 0.175 e. The van der Waals surface area contributed by atoms with Crippen LogP contribution in [0.3, 0.4) is 0 Å². The number of carbonyl (C=O) groups excluding carboxylic acids is 1. The summed E-state index contributed by atoms with van der Waals surface area (Å²) in [6.07, 6.45) is 2.24. The van der Waals surface area contributed by atoms with Crippen molar-refractivity contribution in [2.75, 3.05) is 0 Å². The Labute approximate surface area is 103 Å². The average molecular weight is 255 g/mol. The van der Waals surface area contributed by atoms with Gasteiger partial charge in [-0.15, -0.1) is 0 Å². The molecule has 0 spiro atoms. The molecule has 2 rings (SSSR count). The van der Waals surface area contributed by atoms with E-state index in [0.717, 1.165) is 14.7 Å². The fourth-order valence-corrected chi connectivity index (χ4v) is 2.61. The van der Waals surface area contributed by atoms with Crippen molar-refractivity contribution in [2.45, 2.75) is 6.42 Å². The largest absolute Gasteiger partial charge is 0.293 e. The number of rotatable bonds is 1. The second-order valence-corrected chi connectivity index (χ2v) is 5.46. The summed E-state index contributed by atoms with van der Waals surface area (Å²) in [4.78, 5) is 12.2. The van der Waals surface area contributed by atoms with Gasteiger partial charge in [-0.2, -0.15) is 0 Å². The van der Waals surface area contributed by atoms with E-state index in [1.807, 2.05) is 18.2 Å². The summed E-state index contributed by atoms with van der Waals surface area (Å²) in [6.45, 7) is 0. The van der Waals surface area contributed by atoms with Crippen LogP contribution in [0.25, 0.3) is 6.08 Å². The van der Waals surface area contributed by atoms with E-state index >= 15 is 0 Å². The van der Waals surface area contributed by atoms with Crippen molar-refractivity contribution < 1.29 is 4.79 Å². The van der Waals surface area contributed by atoms with E-state index < -0.39 is 0 Å². The van der Waals surface area contributed by atoms with E-state index in [-0.39, 0.29) is 5.78 Å². The molecule has 1 aliphatic rings. The molecular weight excluding hydrogens is 248 g/mol. The van der Waals surface area contributed by atoms with Crippen molar-refractivity contribution in [3.63, 3.8) is 0 Å². The van der Waals surface area contributed by atoms with Crippen molar-refractivity contribution in [1.82, 2.24) is 0 Å². The zero-order valence-corrected chi connectivity index (χ0v) is 10.1. The Kier molecular flexibility index (Phi) is 3.24. The standard InChI is InChI=1S/C11H7ClOS2/c12-8-3-1-7(2-4-8)5-10-9(13)6-11(14)15-10/h1-5H,6H2/b10-5-. The van der Waals surface area contributed by atoms with Crippen LogP contribution in [0, 0.1) is 0 Å². The molecule has 0 unspecified atom stereocenters. The molecule has 1 aliphatic heterocycles. The molecule has 1 fully saturated rings. The van der Waals surface area contributed by atoms with E-state index in [4.69, 9.17) is 23.8 Å². The smallest absolute Gasteiger partial charge is 0.175 e. The maximum absolute atomic E-state index is 11.5. The van der Waals surface area contributed by atoms with Gasteiger partial charge in [-0.25, -0.2) is 0 Å². The fourth-order valence-electron chi connectivity index (χ4n) is 1.25. The molecule has 0 saturated carbocycles. The second kappa shape index (κ2) is 4.47. The molecule has 0 aliphatic carbocycles. The monoisotopic (exact) mass is 254 g/mol. The number of allylic oxidation sites excluding steroid dienone is 1. The Balaban J connectivity index is 2.27. The average Bonchev–Trinajstić information content (AvgIpc) is 2.49. The van der Waals surface area contributed by atoms with E-state index in [1.54, 1.807) is 12.1 Å². The first-order valence-electron chi connectivity index (χ1n) is 4.36. The van der Waals surface area contributed by atoms with Crippen LogP contribution in [-0.4, -0.2) is 9.98 Å². The Hall–Kier alpha value is -0.640. The summed E-state index contributed by atoms with van der Waals surface area (Å²) in [6, 6.07) is 7.36. The number of carbonyl (C=O) groups is 1. The number of ketones is 1. The molecular formula is C11H7ClOS2. The van der Waals surface area contributed by atoms with Crippen LogP contribution in [0.15, 0.2) is 29.2 Å². The molecule has 0 atom stereocenters. The van der Waals surface area contributed by atoms with Gasteiger partial charge in [0.1, 0.15) is 0 Å². The Bertz CT molecular complexity index is 448. The predicted molar refractivity (Wildman–Crippen MR) is 69.2 cm³/mol. The summed E-state index contributed by atoms with van der Waals surface area (Å²) >= 11 is 12.1. The first kappa shape index (κ1) is 10.9. The molecule has 0 N–H and O–H groups in total. The Morgan fingerprint density at radius 2 is 2.00 bits per heavy atom. The number of hydrogen-bond donors (Lipinski definition) is 0. The van der Waals surface area contributed by atoms with Gasteiger partial charge < -0.3 is 0 Å². The molecule has 76 valence electrons.